The van der Waals surface area contributed by atoms with E-state index in [0.717, 1.165) is 23.8 Å². The van der Waals surface area contributed by atoms with Crippen LogP contribution in [0.25, 0.3) is 11.1 Å². The van der Waals surface area contributed by atoms with Gasteiger partial charge in [0.05, 0.1) is 11.3 Å². The molecule has 0 bridgehead atoms. The van der Waals surface area contributed by atoms with E-state index in [1.165, 1.54) is 6.33 Å². The number of nitrogens with one attached hydrogen (secondary N) is 2. The van der Waals surface area contributed by atoms with E-state index in [4.69, 9.17) is 4.98 Å². The maximum atomic E-state index is 14.2. The Morgan fingerprint density at radius 3 is 2.53 bits per heavy atom. The van der Waals surface area contributed by atoms with Crippen molar-refractivity contribution >= 4 is 12.0 Å². The van der Waals surface area contributed by atoms with Gasteiger partial charge in [0.2, 0.25) is 0 Å². The van der Waals surface area contributed by atoms with Gasteiger partial charge in [-0.2, -0.15) is 0 Å². The van der Waals surface area contributed by atoms with Gasteiger partial charge in [0.25, 0.3) is 5.91 Å². The first-order valence-electron chi connectivity index (χ1n) is 11.5. The van der Waals surface area contributed by atoms with E-state index in [0.29, 0.717) is 40.2 Å². The molecule has 1 aliphatic rings. The standard InChI is InChI=1S/C28H19F2N5O3/c29-20-7-19(8-21(30)10-20)25(14-34-28(37)38)26-23(17-2-3-18-13-33-27(36)24(18)9-17)6-5-22(35-26)4-1-16-11-31-15-32-12-16/h2-3,5-12,15,25,34H,13-14H2,(H,33,36)(H,37,38). The molecule has 3 N–H and O–H groups in total. The molecule has 3 heterocycles. The Bertz CT molecular complexity index is 1600. The fourth-order valence-corrected chi connectivity index (χ4v) is 4.27. The number of amides is 2. The summed E-state index contributed by atoms with van der Waals surface area (Å²) < 4.78 is 28.5. The van der Waals surface area contributed by atoms with Crippen LogP contribution in [0.3, 0.4) is 0 Å². The number of halogens is 2. The number of rotatable bonds is 5. The molecule has 38 heavy (non-hydrogen) atoms. The summed E-state index contributed by atoms with van der Waals surface area (Å²) in [7, 11) is 0. The fraction of sp³-hybridized carbons (Fsp3) is 0.107. The number of carbonyl (C=O) groups excluding carboxylic acids is 1. The van der Waals surface area contributed by atoms with Crippen molar-refractivity contribution < 1.29 is 23.5 Å². The third kappa shape index (κ3) is 5.32. The summed E-state index contributed by atoms with van der Waals surface area (Å²) in [5.41, 5.74) is 3.96. The lowest BCUT2D eigenvalue weighted by Crippen LogP contribution is -2.28. The molecule has 0 fully saturated rings. The molecule has 0 radical (unpaired) electrons. The number of aromatic nitrogens is 3. The van der Waals surface area contributed by atoms with Crippen LogP contribution in [0.1, 0.15) is 44.4 Å². The number of pyridine rings is 1. The Morgan fingerprint density at radius 2 is 1.79 bits per heavy atom. The SMILES string of the molecule is O=C(O)NCC(c1cc(F)cc(F)c1)c1nc(C#Cc2cncnc2)ccc1-c1ccc2c(c1)C(=O)NC2. The van der Waals surface area contributed by atoms with Gasteiger partial charge in [0, 0.05) is 48.6 Å². The minimum atomic E-state index is -1.30. The predicted octanol–water partition coefficient (Wildman–Crippen LogP) is 3.86. The van der Waals surface area contributed by atoms with E-state index in [2.05, 4.69) is 32.4 Å². The van der Waals surface area contributed by atoms with Crippen LogP contribution in [0.5, 0.6) is 0 Å². The van der Waals surface area contributed by atoms with Crippen molar-refractivity contribution in [1.82, 2.24) is 25.6 Å². The van der Waals surface area contributed by atoms with Crippen molar-refractivity contribution in [1.29, 1.82) is 0 Å². The Balaban J connectivity index is 1.68. The zero-order chi connectivity index (χ0) is 26.6. The number of nitrogens with zero attached hydrogens (tertiary/aromatic N) is 3. The van der Waals surface area contributed by atoms with Crippen molar-refractivity contribution in [2.75, 3.05) is 6.54 Å². The summed E-state index contributed by atoms with van der Waals surface area (Å²) in [4.78, 5) is 36.2. The molecular formula is C28H19F2N5O3. The molecule has 5 rings (SSSR count). The van der Waals surface area contributed by atoms with Gasteiger partial charge < -0.3 is 15.7 Å². The van der Waals surface area contributed by atoms with Crippen molar-refractivity contribution in [2.45, 2.75) is 12.5 Å². The van der Waals surface area contributed by atoms with Gasteiger partial charge in [-0.15, -0.1) is 0 Å². The van der Waals surface area contributed by atoms with Crippen LogP contribution >= 0.6 is 0 Å². The molecule has 2 aromatic heterocycles. The summed E-state index contributed by atoms with van der Waals surface area (Å²) in [6.45, 7) is 0.206. The summed E-state index contributed by atoms with van der Waals surface area (Å²) in [5.74, 6) is 3.14. The third-order valence-corrected chi connectivity index (χ3v) is 6.00. The number of carboxylic acid groups (broad SMARTS) is 1. The number of benzene rings is 2. The molecule has 0 saturated heterocycles. The maximum Gasteiger partial charge on any atom is 0.404 e. The van der Waals surface area contributed by atoms with Crippen LogP contribution in [0.15, 0.2) is 67.3 Å². The summed E-state index contributed by atoms with van der Waals surface area (Å²) in [6.07, 6.45) is 3.16. The molecular weight excluding hydrogens is 492 g/mol. The topological polar surface area (TPSA) is 117 Å². The molecule has 4 aromatic rings. The molecule has 8 nitrogen and oxygen atoms in total. The lowest BCUT2D eigenvalue weighted by Gasteiger charge is -2.21. The van der Waals surface area contributed by atoms with E-state index in [-0.39, 0.29) is 18.0 Å². The molecule has 1 unspecified atom stereocenters. The monoisotopic (exact) mass is 511 g/mol. The quantitative estimate of drug-likeness (QED) is 0.351. The van der Waals surface area contributed by atoms with Gasteiger partial charge in [0.15, 0.2) is 0 Å². The average Bonchev–Trinajstić information content (AvgIpc) is 3.27. The van der Waals surface area contributed by atoms with Gasteiger partial charge in [-0.1, -0.05) is 18.1 Å². The second kappa shape index (κ2) is 10.4. The highest BCUT2D eigenvalue weighted by Gasteiger charge is 2.25. The number of hydrogen-bond acceptors (Lipinski definition) is 5. The van der Waals surface area contributed by atoms with Crippen LogP contribution in [-0.2, 0) is 6.54 Å². The maximum absolute atomic E-state index is 14.2. The van der Waals surface area contributed by atoms with Crippen molar-refractivity contribution in [3.63, 3.8) is 0 Å². The molecule has 2 aromatic carbocycles. The van der Waals surface area contributed by atoms with Crippen molar-refractivity contribution in [3.05, 3.63) is 113 Å². The number of carbonyl (C=O) groups is 2. The third-order valence-electron chi connectivity index (χ3n) is 6.00. The van der Waals surface area contributed by atoms with Crippen LogP contribution in [0.2, 0.25) is 0 Å². The summed E-state index contributed by atoms with van der Waals surface area (Å²) in [6, 6.07) is 11.8. The lowest BCUT2D eigenvalue weighted by molar-refractivity contribution is 0.0965. The van der Waals surface area contributed by atoms with Gasteiger partial charge in [-0.3, -0.25) is 4.79 Å². The van der Waals surface area contributed by atoms with E-state index in [9.17, 15) is 23.5 Å². The van der Waals surface area contributed by atoms with Crippen LogP contribution in [0.4, 0.5) is 13.6 Å². The van der Waals surface area contributed by atoms with Gasteiger partial charge >= 0.3 is 6.09 Å². The smallest absolute Gasteiger partial charge is 0.404 e. The van der Waals surface area contributed by atoms with E-state index in [1.54, 1.807) is 30.6 Å². The molecule has 2 amide bonds. The Kier molecular flexibility index (Phi) is 6.74. The summed E-state index contributed by atoms with van der Waals surface area (Å²) >= 11 is 0. The fourth-order valence-electron chi connectivity index (χ4n) is 4.27. The predicted molar refractivity (Wildman–Crippen MR) is 133 cm³/mol. The molecule has 0 saturated carbocycles. The molecule has 0 spiro atoms. The van der Waals surface area contributed by atoms with E-state index in [1.807, 2.05) is 12.1 Å². The minimum absolute atomic E-state index is 0.186. The lowest BCUT2D eigenvalue weighted by atomic mass is 9.88. The highest BCUT2D eigenvalue weighted by Crippen LogP contribution is 2.34. The first kappa shape index (κ1) is 24.5. The second-order valence-corrected chi connectivity index (χ2v) is 8.50. The van der Waals surface area contributed by atoms with Gasteiger partial charge in [-0.05, 0) is 52.9 Å². The highest BCUT2D eigenvalue weighted by molar-refractivity contribution is 5.99. The van der Waals surface area contributed by atoms with Gasteiger partial charge in [0.1, 0.15) is 23.7 Å². The van der Waals surface area contributed by atoms with E-state index < -0.39 is 23.6 Å². The van der Waals surface area contributed by atoms with Crippen LogP contribution in [-0.4, -0.2) is 38.6 Å². The Labute approximate surface area is 215 Å². The number of hydrogen-bond donors (Lipinski definition) is 3. The molecule has 10 heteroatoms. The van der Waals surface area contributed by atoms with Crippen LogP contribution in [0, 0.1) is 23.5 Å². The average molecular weight is 511 g/mol. The second-order valence-electron chi connectivity index (χ2n) is 8.50. The Hall–Kier alpha value is -5.17. The number of fused-ring (bicyclic) bond motifs is 1. The highest BCUT2D eigenvalue weighted by atomic mass is 19.1. The van der Waals surface area contributed by atoms with Crippen molar-refractivity contribution in [2.24, 2.45) is 0 Å². The first-order valence-corrected chi connectivity index (χ1v) is 11.5. The molecule has 1 aliphatic heterocycles. The van der Waals surface area contributed by atoms with E-state index >= 15 is 0 Å². The minimum Gasteiger partial charge on any atom is -0.465 e. The zero-order valence-corrected chi connectivity index (χ0v) is 19.7. The first-order chi connectivity index (χ1) is 18.4. The molecule has 0 aliphatic carbocycles. The summed E-state index contributed by atoms with van der Waals surface area (Å²) in [5, 5.41) is 14.4. The van der Waals surface area contributed by atoms with Crippen molar-refractivity contribution in [3.8, 4) is 23.0 Å². The zero-order valence-electron chi connectivity index (χ0n) is 19.7. The molecule has 1 atom stereocenters. The normalized spacial score (nSPS) is 12.6. The Morgan fingerprint density at radius 1 is 1.03 bits per heavy atom. The largest absolute Gasteiger partial charge is 0.465 e. The van der Waals surface area contributed by atoms with Crippen LogP contribution < -0.4 is 10.6 Å². The molecule has 188 valence electrons. The van der Waals surface area contributed by atoms with Gasteiger partial charge in [-0.25, -0.2) is 28.5 Å².